The van der Waals surface area contributed by atoms with Crippen molar-refractivity contribution in [2.45, 2.75) is 58.0 Å². The molecule has 20 heavy (non-hydrogen) atoms. The second-order valence-electron chi connectivity index (χ2n) is 7.83. The van der Waals surface area contributed by atoms with Gasteiger partial charge in [-0.25, -0.2) is 4.79 Å². The lowest BCUT2D eigenvalue weighted by Crippen LogP contribution is -2.53. The Labute approximate surface area is 122 Å². The van der Waals surface area contributed by atoms with Gasteiger partial charge in [-0.1, -0.05) is 19.9 Å². The van der Waals surface area contributed by atoms with Gasteiger partial charge in [0.1, 0.15) is 5.60 Å². The number of hydrogen-bond acceptors (Lipinski definition) is 2. The summed E-state index contributed by atoms with van der Waals surface area (Å²) >= 11 is 0. The zero-order chi connectivity index (χ0) is 14.1. The molecule has 7 atom stereocenters. The molecule has 2 nitrogen and oxygen atoms in total. The van der Waals surface area contributed by atoms with Gasteiger partial charge in [-0.3, -0.25) is 0 Å². The highest BCUT2D eigenvalue weighted by Gasteiger charge is 2.73. The van der Waals surface area contributed by atoms with Crippen molar-refractivity contribution in [3.8, 4) is 0 Å². The van der Waals surface area contributed by atoms with Crippen LogP contribution in [0.25, 0.3) is 0 Å². The summed E-state index contributed by atoms with van der Waals surface area (Å²) in [5.74, 6) is 4.28. The summed E-state index contributed by atoms with van der Waals surface area (Å²) in [7, 11) is 0. The molecule has 0 saturated heterocycles. The maximum Gasteiger partial charge on any atom is 0.333 e. The van der Waals surface area contributed by atoms with Crippen molar-refractivity contribution >= 4 is 5.97 Å². The van der Waals surface area contributed by atoms with Gasteiger partial charge in [0, 0.05) is 17.4 Å². The molecule has 4 bridgehead atoms. The summed E-state index contributed by atoms with van der Waals surface area (Å²) in [6.07, 6.45) is 7.93. The molecule has 4 aliphatic rings. The SMILES string of the molecule is C=C(C)C(=O)OC12C3CCC(C3)C1C1CC(CC)C2C1. The van der Waals surface area contributed by atoms with Gasteiger partial charge in [0.25, 0.3) is 0 Å². The average Bonchev–Trinajstić information content (AvgIpc) is 3.15. The molecule has 0 spiro atoms. The molecular formula is C18H26O2. The Morgan fingerprint density at radius 3 is 2.75 bits per heavy atom. The molecule has 2 heteroatoms. The molecule has 0 aromatic rings. The van der Waals surface area contributed by atoms with Crippen LogP contribution in [0.4, 0.5) is 0 Å². The van der Waals surface area contributed by atoms with Crippen molar-refractivity contribution in [2.24, 2.45) is 35.5 Å². The minimum Gasteiger partial charge on any atom is -0.455 e. The molecule has 110 valence electrons. The van der Waals surface area contributed by atoms with Crippen molar-refractivity contribution in [1.29, 1.82) is 0 Å². The summed E-state index contributed by atoms with van der Waals surface area (Å²) in [4.78, 5) is 12.3. The zero-order valence-corrected chi connectivity index (χ0v) is 12.7. The van der Waals surface area contributed by atoms with Crippen molar-refractivity contribution in [2.75, 3.05) is 0 Å². The summed E-state index contributed by atoms with van der Waals surface area (Å²) in [6.45, 7) is 7.89. The third kappa shape index (κ3) is 1.38. The zero-order valence-electron chi connectivity index (χ0n) is 12.7. The van der Waals surface area contributed by atoms with Gasteiger partial charge in [-0.15, -0.1) is 0 Å². The number of fused-ring (bicyclic) bond motifs is 9. The minimum absolute atomic E-state index is 0.0947. The number of rotatable bonds is 3. The molecule has 0 amide bonds. The van der Waals surface area contributed by atoms with Crippen LogP contribution in [0, 0.1) is 35.5 Å². The molecule has 0 heterocycles. The Morgan fingerprint density at radius 2 is 2.05 bits per heavy atom. The molecule has 4 aliphatic carbocycles. The van der Waals surface area contributed by atoms with E-state index in [1.165, 1.54) is 38.5 Å². The van der Waals surface area contributed by atoms with Crippen LogP contribution in [0.3, 0.4) is 0 Å². The number of hydrogen-bond donors (Lipinski definition) is 0. The highest BCUT2D eigenvalue weighted by Crippen LogP contribution is 2.72. The molecule has 7 unspecified atom stereocenters. The Kier molecular flexibility index (Phi) is 2.66. The highest BCUT2D eigenvalue weighted by atomic mass is 16.6. The maximum absolute atomic E-state index is 12.3. The van der Waals surface area contributed by atoms with Crippen LogP contribution in [0.1, 0.15) is 52.4 Å². The lowest BCUT2D eigenvalue weighted by Gasteiger charge is -2.48. The highest BCUT2D eigenvalue weighted by molar-refractivity contribution is 5.87. The van der Waals surface area contributed by atoms with E-state index in [0.717, 1.165) is 17.8 Å². The van der Waals surface area contributed by atoms with Crippen molar-refractivity contribution in [3.63, 3.8) is 0 Å². The largest absolute Gasteiger partial charge is 0.455 e. The van der Waals surface area contributed by atoms with Crippen LogP contribution in [0.15, 0.2) is 12.2 Å². The van der Waals surface area contributed by atoms with E-state index < -0.39 is 0 Å². The standard InChI is InChI=1S/C18H26O2/c1-4-11-7-13-9-15(11)18(20-17(19)10(2)3)14-6-5-12(8-14)16(13)18/h11-16H,2,4-9H2,1,3H3. The first-order chi connectivity index (χ1) is 9.57. The third-order valence-electron chi connectivity index (χ3n) is 7.10. The van der Waals surface area contributed by atoms with E-state index in [-0.39, 0.29) is 11.6 Å². The summed E-state index contributed by atoms with van der Waals surface area (Å²) in [5.41, 5.74) is 0.472. The fraction of sp³-hybridized carbons (Fsp3) is 0.833. The maximum atomic E-state index is 12.3. The molecule has 0 aliphatic heterocycles. The van der Waals surface area contributed by atoms with Crippen LogP contribution < -0.4 is 0 Å². The first kappa shape index (κ1) is 12.9. The van der Waals surface area contributed by atoms with E-state index >= 15 is 0 Å². The minimum atomic E-state index is -0.134. The second kappa shape index (κ2) is 4.11. The Morgan fingerprint density at radius 1 is 1.25 bits per heavy atom. The average molecular weight is 274 g/mol. The normalized spacial score (nSPS) is 51.3. The van der Waals surface area contributed by atoms with E-state index in [1.807, 2.05) is 0 Å². The quantitative estimate of drug-likeness (QED) is 0.442. The first-order valence-corrected chi connectivity index (χ1v) is 8.46. The molecular weight excluding hydrogens is 248 g/mol. The van der Waals surface area contributed by atoms with Crippen LogP contribution >= 0.6 is 0 Å². The van der Waals surface area contributed by atoms with E-state index in [9.17, 15) is 4.79 Å². The molecule has 4 rings (SSSR count). The predicted molar refractivity (Wildman–Crippen MR) is 78.0 cm³/mol. The van der Waals surface area contributed by atoms with Crippen molar-refractivity contribution in [3.05, 3.63) is 12.2 Å². The number of carbonyl (C=O) groups excluding carboxylic acids is 1. The van der Waals surface area contributed by atoms with Crippen molar-refractivity contribution < 1.29 is 9.53 Å². The summed E-state index contributed by atoms with van der Waals surface area (Å²) in [5, 5.41) is 0. The Bertz CT molecular complexity index is 468. The Hall–Kier alpha value is -0.790. The second-order valence-corrected chi connectivity index (χ2v) is 7.83. The van der Waals surface area contributed by atoms with Crippen LogP contribution in [-0.4, -0.2) is 11.6 Å². The first-order valence-electron chi connectivity index (χ1n) is 8.46. The number of ether oxygens (including phenoxy) is 1. The van der Waals surface area contributed by atoms with Crippen LogP contribution in [-0.2, 0) is 9.53 Å². The molecule has 0 N–H and O–H groups in total. The van der Waals surface area contributed by atoms with E-state index in [1.54, 1.807) is 6.92 Å². The number of carbonyl (C=O) groups is 1. The van der Waals surface area contributed by atoms with Gasteiger partial charge in [-0.2, -0.15) is 0 Å². The molecule has 0 aromatic heterocycles. The van der Waals surface area contributed by atoms with Crippen LogP contribution in [0.5, 0.6) is 0 Å². The molecule has 4 fully saturated rings. The van der Waals surface area contributed by atoms with Gasteiger partial charge in [0.05, 0.1) is 0 Å². The van der Waals surface area contributed by atoms with Gasteiger partial charge in [0.2, 0.25) is 0 Å². The molecule has 0 aromatic carbocycles. The Balaban J connectivity index is 1.72. The monoisotopic (exact) mass is 274 g/mol. The van der Waals surface area contributed by atoms with Gasteiger partial charge in [-0.05, 0) is 62.7 Å². The lowest BCUT2D eigenvalue weighted by molar-refractivity contribution is -0.183. The van der Waals surface area contributed by atoms with Gasteiger partial charge < -0.3 is 4.74 Å². The lowest BCUT2D eigenvalue weighted by atomic mass is 9.63. The third-order valence-corrected chi connectivity index (χ3v) is 7.10. The fourth-order valence-electron chi connectivity index (χ4n) is 6.64. The topological polar surface area (TPSA) is 26.3 Å². The summed E-state index contributed by atoms with van der Waals surface area (Å²) < 4.78 is 6.25. The predicted octanol–water partition coefficient (Wildman–Crippen LogP) is 3.96. The van der Waals surface area contributed by atoms with Crippen LogP contribution in [0.2, 0.25) is 0 Å². The fourth-order valence-corrected chi connectivity index (χ4v) is 6.64. The van der Waals surface area contributed by atoms with Gasteiger partial charge in [0.15, 0.2) is 0 Å². The van der Waals surface area contributed by atoms with E-state index in [2.05, 4.69) is 13.5 Å². The number of esters is 1. The molecule has 0 radical (unpaired) electrons. The van der Waals surface area contributed by atoms with Gasteiger partial charge >= 0.3 is 5.97 Å². The molecule has 4 saturated carbocycles. The smallest absolute Gasteiger partial charge is 0.333 e. The van der Waals surface area contributed by atoms with E-state index in [0.29, 0.717) is 23.3 Å². The van der Waals surface area contributed by atoms with Crippen molar-refractivity contribution in [1.82, 2.24) is 0 Å². The summed E-state index contributed by atoms with van der Waals surface area (Å²) in [6, 6.07) is 0. The van der Waals surface area contributed by atoms with E-state index in [4.69, 9.17) is 4.74 Å².